The molecule has 10 heteroatoms. The van der Waals surface area contributed by atoms with Crippen LogP contribution in [0.3, 0.4) is 0 Å². The van der Waals surface area contributed by atoms with Crippen LogP contribution in [0.25, 0.3) is 0 Å². The first kappa shape index (κ1) is 26.9. The minimum atomic E-state index is -4.73. The summed E-state index contributed by atoms with van der Waals surface area (Å²) in [4.78, 5) is 11.5. The summed E-state index contributed by atoms with van der Waals surface area (Å²) >= 11 is 1.39. The molecule has 1 amide bonds. The SMILES string of the molecule is Fc1cc[c-]cc1.[CH2-][C@](C)(O)C(=O)Nc1ccc(C#N)c(C(F)(F)F)c1I.[U+2]. The van der Waals surface area contributed by atoms with E-state index in [0.29, 0.717) is 0 Å². The summed E-state index contributed by atoms with van der Waals surface area (Å²) in [7, 11) is 0. The predicted octanol–water partition coefficient (Wildman–Crippen LogP) is 4.33. The molecule has 0 unspecified atom stereocenters. The molecular formula is C18H13F4IN2O2U. The molecule has 4 nitrogen and oxygen atoms in total. The Labute approximate surface area is 196 Å². The Balaban J connectivity index is 0.000000765. The number of aliphatic hydroxyl groups is 1. The van der Waals surface area contributed by atoms with E-state index in [0.717, 1.165) is 13.0 Å². The Morgan fingerprint density at radius 2 is 1.82 bits per heavy atom. The topological polar surface area (TPSA) is 73.1 Å². The second-order valence-electron chi connectivity index (χ2n) is 5.41. The number of carbonyl (C=O) groups is 1. The zero-order valence-electron chi connectivity index (χ0n) is 14.4. The first-order valence-electron chi connectivity index (χ1n) is 7.18. The number of rotatable bonds is 2. The van der Waals surface area contributed by atoms with Gasteiger partial charge in [-0.05, 0) is 34.7 Å². The van der Waals surface area contributed by atoms with Crippen LogP contribution in [-0.4, -0.2) is 16.6 Å². The monoisotopic (exact) mass is 730 g/mol. The predicted molar refractivity (Wildman–Crippen MR) is 98.7 cm³/mol. The molecule has 2 aromatic carbocycles. The fourth-order valence-corrected chi connectivity index (χ4v) is 2.58. The van der Waals surface area contributed by atoms with E-state index in [1.807, 2.05) is 0 Å². The molecule has 0 aliphatic carbocycles. The van der Waals surface area contributed by atoms with E-state index in [1.54, 1.807) is 0 Å². The fourth-order valence-electron chi connectivity index (χ4n) is 1.67. The van der Waals surface area contributed by atoms with Crippen LogP contribution < -0.4 is 5.32 Å². The van der Waals surface area contributed by atoms with Gasteiger partial charge >= 0.3 is 37.3 Å². The maximum absolute atomic E-state index is 12.9. The molecule has 0 aromatic heterocycles. The van der Waals surface area contributed by atoms with Gasteiger partial charge in [0.25, 0.3) is 0 Å². The van der Waals surface area contributed by atoms with Crippen LogP contribution in [0.1, 0.15) is 18.1 Å². The van der Waals surface area contributed by atoms with Gasteiger partial charge in [-0.2, -0.15) is 36.6 Å². The number of alkyl halides is 3. The molecule has 2 N–H and O–H groups in total. The molecular weight excluding hydrogens is 717 g/mol. The number of benzene rings is 2. The molecule has 2 aromatic rings. The van der Waals surface area contributed by atoms with Gasteiger partial charge in [0.1, 0.15) is 0 Å². The van der Waals surface area contributed by atoms with Gasteiger partial charge in [-0.25, -0.2) is 4.39 Å². The van der Waals surface area contributed by atoms with Crippen LogP contribution in [0.15, 0.2) is 36.4 Å². The van der Waals surface area contributed by atoms with Crippen molar-refractivity contribution in [1.82, 2.24) is 0 Å². The smallest absolute Gasteiger partial charge is 0.413 e. The third-order valence-electron chi connectivity index (χ3n) is 2.96. The van der Waals surface area contributed by atoms with Gasteiger partial charge in [-0.1, -0.05) is 6.92 Å². The molecule has 0 saturated carbocycles. The first-order valence-corrected chi connectivity index (χ1v) is 8.26. The van der Waals surface area contributed by atoms with Crippen molar-refractivity contribution < 1.29 is 58.6 Å². The van der Waals surface area contributed by atoms with Crippen LogP contribution in [0.4, 0.5) is 23.2 Å². The average molecular weight is 730 g/mol. The quantitative estimate of drug-likeness (QED) is 0.275. The minimum Gasteiger partial charge on any atom is -0.413 e. The molecule has 0 saturated heterocycles. The standard InChI is InChI=1S/C12H9F3IN2O2.C6H4F.U/c1-11(2,20)10(19)18-7-4-3-6(5-17)8(9(7)16)12(13,14)15;7-6-4-2-1-3-5-6;/h3-4,20H,1H2,2H3,(H,18,19);2-5H;/q2*-1;+2/t11-;;/m1../s1. The van der Waals surface area contributed by atoms with Gasteiger partial charge in [0, 0.05) is 11.4 Å². The minimum absolute atomic E-state index is 0. The molecule has 0 fully saturated rings. The first-order chi connectivity index (χ1) is 12.4. The van der Waals surface area contributed by atoms with Crippen molar-refractivity contribution >= 4 is 34.2 Å². The Kier molecular flexibility index (Phi) is 10.7. The van der Waals surface area contributed by atoms with Gasteiger partial charge in [-0.15, -0.1) is 12.1 Å². The Morgan fingerprint density at radius 3 is 2.18 bits per heavy atom. The van der Waals surface area contributed by atoms with Crippen LogP contribution in [0, 0.1) is 64.8 Å². The summed E-state index contributed by atoms with van der Waals surface area (Å²) in [5, 5.41) is 20.2. The Bertz CT molecular complexity index is 848. The number of hydrogen-bond donors (Lipinski definition) is 2. The van der Waals surface area contributed by atoms with Crippen LogP contribution in [-0.2, 0) is 11.0 Å². The number of anilines is 1. The number of hydrogen-bond acceptors (Lipinski definition) is 3. The molecule has 0 radical (unpaired) electrons. The fraction of sp³-hybridized carbons (Fsp3) is 0.167. The molecule has 146 valence electrons. The van der Waals surface area contributed by atoms with E-state index in [2.05, 4.69) is 18.3 Å². The largest absolute Gasteiger partial charge is 2.00 e. The van der Waals surface area contributed by atoms with Crippen LogP contribution >= 0.6 is 22.6 Å². The normalized spacial score (nSPS) is 12.4. The molecule has 1 atom stereocenters. The number of amides is 1. The zero-order valence-corrected chi connectivity index (χ0v) is 20.7. The molecule has 0 spiro atoms. The van der Waals surface area contributed by atoms with Gasteiger partial charge < -0.3 is 17.3 Å². The van der Waals surface area contributed by atoms with Crippen molar-refractivity contribution in [3.63, 3.8) is 0 Å². The maximum atomic E-state index is 12.9. The van der Waals surface area contributed by atoms with Crippen molar-refractivity contribution in [2.24, 2.45) is 0 Å². The van der Waals surface area contributed by atoms with Crippen molar-refractivity contribution in [2.45, 2.75) is 18.7 Å². The summed E-state index contributed by atoms with van der Waals surface area (Å²) in [6, 6.07) is 12.1. The second-order valence-corrected chi connectivity index (χ2v) is 6.48. The van der Waals surface area contributed by atoms with Crippen LogP contribution in [0.5, 0.6) is 0 Å². The summed E-state index contributed by atoms with van der Waals surface area (Å²) in [5.74, 6) is -1.16. The van der Waals surface area contributed by atoms with Crippen molar-refractivity contribution in [2.75, 3.05) is 5.32 Å². The van der Waals surface area contributed by atoms with E-state index in [1.165, 1.54) is 59.0 Å². The number of nitrogens with zero attached hydrogens (tertiary/aromatic N) is 1. The summed E-state index contributed by atoms with van der Waals surface area (Å²) < 4.78 is 50.3. The van der Waals surface area contributed by atoms with Crippen molar-refractivity contribution in [3.05, 3.63) is 69.9 Å². The summed E-state index contributed by atoms with van der Waals surface area (Å²) in [6.45, 7) is 4.27. The van der Waals surface area contributed by atoms with Crippen molar-refractivity contribution in [1.29, 1.82) is 5.26 Å². The average Bonchev–Trinajstić information content (AvgIpc) is 2.55. The van der Waals surface area contributed by atoms with E-state index in [4.69, 9.17) is 5.26 Å². The van der Waals surface area contributed by atoms with E-state index in [9.17, 15) is 27.5 Å². The van der Waals surface area contributed by atoms with Gasteiger partial charge in [0.05, 0.1) is 26.5 Å². The van der Waals surface area contributed by atoms with Gasteiger partial charge in [0.2, 0.25) is 5.91 Å². The van der Waals surface area contributed by atoms with E-state index < -0.39 is 28.8 Å². The number of carbonyl (C=O) groups excluding carboxylic acids is 1. The Morgan fingerprint density at radius 1 is 1.29 bits per heavy atom. The van der Waals surface area contributed by atoms with E-state index >= 15 is 0 Å². The van der Waals surface area contributed by atoms with E-state index in [-0.39, 0.29) is 46.2 Å². The summed E-state index contributed by atoms with van der Waals surface area (Å²) in [6.07, 6.45) is -4.73. The maximum Gasteiger partial charge on any atom is 2.00 e. The number of nitrogens with one attached hydrogen (secondary N) is 1. The van der Waals surface area contributed by atoms with Gasteiger partial charge in [-0.3, -0.25) is 4.79 Å². The summed E-state index contributed by atoms with van der Waals surface area (Å²) in [5.41, 5.74) is -3.79. The third kappa shape index (κ3) is 8.08. The molecule has 28 heavy (non-hydrogen) atoms. The Hall–Kier alpha value is -1.14. The van der Waals surface area contributed by atoms with Crippen LogP contribution in [0.2, 0.25) is 0 Å². The molecule has 0 aliphatic rings. The molecule has 0 bridgehead atoms. The molecule has 0 aliphatic heterocycles. The number of halogens is 5. The zero-order chi connectivity index (χ0) is 20.8. The molecule has 0 heterocycles. The number of nitriles is 1. The second kappa shape index (κ2) is 11.2. The van der Waals surface area contributed by atoms with Gasteiger partial charge in [0.15, 0.2) is 0 Å². The third-order valence-corrected chi connectivity index (χ3v) is 4.08. The molecule has 2 rings (SSSR count). The van der Waals surface area contributed by atoms with Crippen molar-refractivity contribution in [3.8, 4) is 6.07 Å².